The van der Waals surface area contributed by atoms with Crippen LogP contribution in [0, 0.1) is 0 Å². The number of unbranched alkanes of at least 4 members (excludes halogenated alkanes) is 1. The van der Waals surface area contributed by atoms with Crippen molar-refractivity contribution in [1.82, 2.24) is 15.5 Å². The number of hydrogen-bond acceptors (Lipinski definition) is 2. The van der Waals surface area contributed by atoms with E-state index in [0.717, 1.165) is 52.0 Å². The maximum absolute atomic E-state index is 11.6. The Balaban J connectivity index is 2.20. The van der Waals surface area contributed by atoms with Crippen LogP contribution in [-0.4, -0.2) is 43.7 Å². The molecule has 1 heterocycles. The minimum Gasteiger partial charge on any atom is -0.338 e. The van der Waals surface area contributed by atoms with Gasteiger partial charge in [-0.15, -0.1) is 0 Å². The molecule has 1 fully saturated rings. The first kappa shape index (κ1) is 11.3. The fourth-order valence-electron chi connectivity index (χ4n) is 1.53. The Morgan fingerprint density at radius 3 is 3.07 bits per heavy atom. The van der Waals surface area contributed by atoms with Crippen LogP contribution in [0.15, 0.2) is 0 Å². The molecule has 2 N–H and O–H groups in total. The minimum atomic E-state index is 0.0992. The molecule has 2 amide bonds. The first-order valence-electron chi connectivity index (χ1n) is 5.58. The number of rotatable bonds is 3. The molecule has 0 spiro atoms. The van der Waals surface area contributed by atoms with Crippen molar-refractivity contribution >= 4 is 6.03 Å². The molecule has 0 aliphatic carbocycles. The Bertz CT molecular complexity index is 165. The topological polar surface area (TPSA) is 44.4 Å². The van der Waals surface area contributed by atoms with Gasteiger partial charge in [-0.2, -0.15) is 0 Å². The van der Waals surface area contributed by atoms with Crippen LogP contribution in [-0.2, 0) is 0 Å². The van der Waals surface area contributed by atoms with E-state index >= 15 is 0 Å². The number of amides is 2. The third-order valence-corrected chi connectivity index (χ3v) is 2.43. The second kappa shape index (κ2) is 6.65. The summed E-state index contributed by atoms with van der Waals surface area (Å²) in [6.07, 6.45) is 3.25. The molecule has 0 bridgehead atoms. The fraction of sp³-hybridized carbons (Fsp3) is 0.900. The molecule has 0 saturated carbocycles. The number of urea groups is 1. The van der Waals surface area contributed by atoms with Crippen LogP contribution in [0.25, 0.3) is 0 Å². The maximum atomic E-state index is 11.6. The number of carbonyl (C=O) groups is 1. The van der Waals surface area contributed by atoms with Crippen molar-refractivity contribution in [2.45, 2.75) is 26.2 Å². The van der Waals surface area contributed by atoms with E-state index in [0.29, 0.717) is 0 Å². The molecule has 1 aliphatic rings. The monoisotopic (exact) mass is 199 g/mol. The van der Waals surface area contributed by atoms with E-state index in [1.807, 2.05) is 4.90 Å². The highest BCUT2D eigenvalue weighted by Gasteiger charge is 2.13. The Hall–Kier alpha value is -0.770. The third-order valence-electron chi connectivity index (χ3n) is 2.43. The summed E-state index contributed by atoms with van der Waals surface area (Å²) in [5.41, 5.74) is 0. The van der Waals surface area contributed by atoms with Crippen LogP contribution in [0.2, 0.25) is 0 Å². The van der Waals surface area contributed by atoms with Crippen molar-refractivity contribution in [1.29, 1.82) is 0 Å². The molecule has 1 aliphatic heterocycles. The summed E-state index contributed by atoms with van der Waals surface area (Å²) in [5.74, 6) is 0. The van der Waals surface area contributed by atoms with Crippen LogP contribution in [0.3, 0.4) is 0 Å². The van der Waals surface area contributed by atoms with Gasteiger partial charge < -0.3 is 15.5 Å². The second-order valence-electron chi connectivity index (χ2n) is 3.68. The molecule has 0 aromatic rings. The molecule has 14 heavy (non-hydrogen) atoms. The number of nitrogens with zero attached hydrogens (tertiary/aromatic N) is 1. The van der Waals surface area contributed by atoms with Gasteiger partial charge >= 0.3 is 6.03 Å². The van der Waals surface area contributed by atoms with Crippen molar-refractivity contribution in [2.24, 2.45) is 0 Å². The van der Waals surface area contributed by atoms with E-state index in [9.17, 15) is 4.79 Å². The van der Waals surface area contributed by atoms with Crippen LogP contribution in [0.1, 0.15) is 26.2 Å². The molecule has 1 rings (SSSR count). The molecule has 0 aromatic heterocycles. The highest BCUT2D eigenvalue weighted by molar-refractivity contribution is 5.74. The Labute approximate surface area is 86.0 Å². The summed E-state index contributed by atoms with van der Waals surface area (Å²) in [5, 5.41) is 6.22. The van der Waals surface area contributed by atoms with Gasteiger partial charge in [-0.25, -0.2) is 4.79 Å². The standard InChI is InChI=1S/C10H21N3O/c1-2-3-6-12-10(14)13-8-4-5-11-7-9-13/h11H,2-9H2,1H3,(H,12,14). The average Bonchev–Trinajstić information content (AvgIpc) is 2.46. The van der Waals surface area contributed by atoms with Crippen molar-refractivity contribution in [3.63, 3.8) is 0 Å². The number of carbonyl (C=O) groups excluding carboxylic acids is 1. The summed E-state index contributed by atoms with van der Waals surface area (Å²) < 4.78 is 0. The normalized spacial score (nSPS) is 17.6. The molecular weight excluding hydrogens is 178 g/mol. The van der Waals surface area contributed by atoms with Gasteiger partial charge in [0.05, 0.1) is 0 Å². The van der Waals surface area contributed by atoms with Gasteiger partial charge in [-0.3, -0.25) is 0 Å². The van der Waals surface area contributed by atoms with Crippen LogP contribution >= 0.6 is 0 Å². The quantitative estimate of drug-likeness (QED) is 0.660. The lowest BCUT2D eigenvalue weighted by Gasteiger charge is -2.20. The van der Waals surface area contributed by atoms with Crippen molar-refractivity contribution in [2.75, 3.05) is 32.7 Å². The van der Waals surface area contributed by atoms with Crippen molar-refractivity contribution in [3.8, 4) is 0 Å². The van der Waals surface area contributed by atoms with E-state index in [4.69, 9.17) is 0 Å². The zero-order valence-electron chi connectivity index (χ0n) is 9.01. The van der Waals surface area contributed by atoms with E-state index in [1.54, 1.807) is 0 Å². The molecule has 0 aromatic carbocycles. The largest absolute Gasteiger partial charge is 0.338 e. The predicted molar refractivity (Wildman–Crippen MR) is 57.4 cm³/mol. The SMILES string of the molecule is CCCCNC(=O)N1CCCNCC1. The molecule has 4 heteroatoms. The Morgan fingerprint density at radius 1 is 1.43 bits per heavy atom. The maximum Gasteiger partial charge on any atom is 0.317 e. The molecule has 1 saturated heterocycles. The molecule has 0 unspecified atom stereocenters. The Kier molecular flexibility index (Phi) is 5.37. The lowest BCUT2D eigenvalue weighted by atomic mass is 10.3. The molecule has 4 nitrogen and oxygen atoms in total. The number of nitrogens with one attached hydrogen (secondary N) is 2. The lowest BCUT2D eigenvalue weighted by Crippen LogP contribution is -2.42. The smallest absolute Gasteiger partial charge is 0.317 e. The van der Waals surface area contributed by atoms with Gasteiger partial charge in [0, 0.05) is 26.2 Å². The van der Waals surface area contributed by atoms with Crippen LogP contribution in [0.4, 0.5) is 4.79 Å². The summed E-state index contributed by atoms with van der Waals surface area (Å²) in [7, 11) is 0. The van der Waals surface area contributed by atoms with E-state index in [-0.39, 0.29) is 6.03 Å². The van der Waals surface area contributed by atoms with Crippen molar-refractivity contribution < 1.29 is 4.79 Å². The third kappa shape index (κ3) is 3.96. The first-order chi connectivity index (χ1) is 6.84. The summed E-state index contributed by atoms with van der Waals surface area (Å²) >= 11 is 0. The second-order valence-corrected chi connectivity index (χ2v) is 3.68. The van der Waals surface area contributed by atoms with Gasteiger partial charge in [-0.1, -0.05) is 13.3 Å². The average molecular weight is 199 g/mol. The van der Waals surface area contributed by atoms with Crippen molar-refractivity contribution in [3.05, 3.63) is 0 Å². The summed E-state index contributed by atoms with van der Waals surface area (Å²) in [4.78, 5) is 13.5. The van der Waals surface area contributed by atoms with Crippen LogP contribution < -0.4 is 10.6 Å². The van der Waals surface area contributed by atoms with E-state index in [2.05, 4.69) is 17.6 Å². The fourth-order valence-corrected chi connectivity index (χ4v) is 1.53. The summed E-state index contributed by atoms with van der Waals surface area (Å²) in [6.45, 7) is 6.59. The Morgan fingerprint density at radius 2 is 2.29 bits per heavy atom. The van der Waals surface area contributed by atoms with Gasteiger partial charge in [-0.05, 0) is 19.4 Å². The molecule has 0 radical (unpaired) electrons. The highest BCUT2D eigenvalue weighted by Crippen LogP contribution is 1.96. The first-order valence-corrected chi connectivity index (χ1v) is 5.58. The van der Waals surface area contributed by atoms with Gasteiger partial charge in [0.15, 0.2) is 0 Å². The lowest BCUT2D eigenvalue weighted by molar-refractivity contribution is 0.201. The number of hydrogen-bond donors (Lipinski definition) is 2. The van der Waals surface area contributed by atoms with Gasteiger partial charge in [0.25, 0.3) is 0 Å². The zero-order valence-corrected chi connectivity index (χ0v) is 9.01. The van der Waals surface area contributed by atoms with Gasteiger partial charge in [0.2, 0.25) is 0 Å². The van der Waals surface area contributed by atoms with E-state index < -0.39 is 0 Å². The molecule has 82 valence electrons. The van der Waals surface area contributed by atoms with E-state index in [1.165, 1.54) is 0 Å². The molecule has 0 atom stereocenters. The minimum absolute atomic E-state index is 0.0992. The van der Waals surface area contributed by atoms with Crippen LogP contribution in [0.5, 0.6) is 0 Å². The zero-order chi connectivity index (χ0) is 10.2. The predicted octanol–water partition coefficient (Wildman–Crippen LogP) is 0.791. The highest BCUT2D eigenvalue weighted by atomic mass is 16.2. The molecular formula is C10H21N3O. The van der Waals surface area contributed by atoms with Gasteiger partial charge in [0.1, 0.15) is 0 Å². The summed E-state index contributed by atoms with van der Waals surface area (Å²) in [6, 6.07) is 0.0992.